The van der Waals surface area contributed by atoms with Gasteiger partial charge in [0.15, 0.2) is 0 Å². The molecule has 206 valence electrons. The van der Waals surface area contributed by atoms with Crippen LogP contribution in [0.1, 0.15) is 74.3 Å². The molecule has 2 saturated carbocycles. The number of para-hydroxylation sites is 2. The number of aromatic nitrogens is 1. The van der Waals surface area contributed by atoms with Crippen LogP contribution < -0.4 is 0 Å². The molecule has 3 heterocycles. The Kier molecular flexibility index (Phi) is 5.54. The number of hydrogen-bond acceptors (Lipinski definition) is 3. The van der Waals surface area contributed by atoms with E-state index in [0.29, 0.717) is 11.8 Å². The van der Waals surface area contributed by atoms with E-state index in [1.807, 2.05) is 12.3 Å². The number of benzene rings is 4. The highest BCUT2D eigenvalue weighted by molar-refractivity contribution is 6.25. The van der Waals surface area contributed by atoms with E-state index in [9.17, 15) is 0 Å². The lowest BCUT2D eigenvalue weighted by Crippen LogP contribution is -1.92. The van der Waals surface area contributed by atoms with Gasteiger partial charge in [0.25, 0.3) is 0 Å². The fourth-order valence-corrected chi connectivity index (χ4v) is 7.95. The van der Waals surface area contributed by atoms with Gasteiger partial charge in [-0.15, -0.1) is 0 Å². The third kappa shape index (κ3) is 3.69. The SMILES string of the molecule is c1ccc(-c2cc(-c3cc4c5cccc(C6CCCC6)c5oc4c4c3oc3c(C5CCCC5)cccc34)ccn2)cc1. The van der Waals surface area contributed by atoms with Crippen molar-refractivity contribution in [2.24, 2.45) is 0 Å². The van der Waals surface area contributed by atoms with E-state index < -0.39 is 0 Å². The summed E-state index contributed by atoms with van der Waals surface area (Å²) in [6.45, 7) is 0. The molecular formula is C39H33NO2. The number of rotatable bonds is 4. The smallest absolute Gasteiger partial charge is 0.147 e. The second-order valence-electron chi connectivity index (χ2n) is 12.4. The Morgan fingerprint density at radius 2 is 1.17 bits per heavy atom. The molecule has 3 aromatic heterocycles. The van der Waals surface area contributed by atoms with Crippen LogP contribution in [0.4, 0.5) is 0 Å². The Bertz CT molecular complexity index is 2100. The third-order valence-corrected chi connectivity index (χ3v) is 10.0. The van der Waals surface area contributed by atoms with Gasteiger partial charge >= 0.3 is 0 Å². The Balaban J connectivity index is 1.37. The molecule has 0 atom stereocenters. The van der Waals surface area contributed by atoms with Crippen molar-refractivity contribution in [3.05, 3.63) is 102 Å². The van der Waals surface area contributed by atoms with Crippen LogP contribution in [-0.4, -0.2) is 4.98 Å². The van der Waals surface area contributed by atoms with Gasteiger partial charge in [0.05, 0.1) is 11.1 Å². The van der Waals surface area contributed by atoms with Crippen molar-refractivity contribution in [1.82, 2.24) is 4.98 Å². The number of pyridine rings is 1. The van der Waals surface area contributed by atoms with Gasteiger partial charge in [0.2, 0.25) is 0 Å². The van der Waals surface area contributed by atoms with Gasteiger partial charge in [-0.2, -0.15) is 0 Å². The maximum absolute atomic E-state index is 6.98. The van der Waals surface area contributed by atoms with Crippen molar-refractivity contribution >= 4 is 43.9 Å². The van der Waals surface area contributed by atoms with Gasteiger partial charge in [0, 0.05) is 33.5 Å². The molecule has 7 aromatic rings. The number of hydrogen-bond donors (Lipinski definition) is 0. The average molecular weight is 548 g/mol. The van der Waals surface area contributed by atoms with Crippen molar-refractivity contribution in [2.75, 3.05) is 0 Å². The third-order valence-electron chi connectivity index (χ3n) is 10.0. The van der Waals surface area contributed by atoms with Crippen molar-refractivity contribution in [3.63, 3.8) is 0 Å². The summed E-state index contributed by atoms with van der Waals surface area (Å²) in [5.41, 5.74) is 10.9. The average Bonchev–Trinajstić information content (AvgIpc) is 3.86. The molecule has 2 aliphatic carbocycles. The maximum atomic E-state index is 6.98. The Labute approximate surface area is 245 Å². The summed E-state index contributed by atoms with van der Waals surface area (Å²) in [5.74, 6) is 1.14. The van der Waals surface area contributed by atoms with Crippen molar-refractivity contribution in [3.8, 4) is 22.4 Å². The summed E-state index contributed by atoms with van der Waals surface area (Å²) < 4.78 is 13.9. The van der Waals surface area contributed by atoms with E-state index in [1.54, 1.807) is 0 Å². The lowest BCUT2D eigenvalue weighted by atomic mass is 9.93. The first-order valence-corrected chi connectivity index (χ1v) is 15.7. The summed E-state index contributed by atoms with van der Waals surface area (Å²) >= 11 is 0. The van der Waals surface area contributed by atoms with E-state index in [0.717, 1.165) is 50.1 Å². The molecule has 2 fully saturated rings. The van der Waals surface area contributed by atoms with Crippen LogP contribution in [0.3, 0.4) is 0 Å². The first-order valence-electron chi connectivity index (χ1n) is 15.7. The van der Waals surface area contributed by atoms with Crippen molar-refractivity contribution in [1.29, 1.82) is 0 Å². The molecule has 3 nitrogen and oxygen atoms in total. The predicted octanol–water partition coefficient (Wildman–Crippen LogP) is 11.5. The number of nitrogens with zero attached hydrogens (tertiary/aromatic N) is 1. The quantitative estimate of drug-likeness (QED) is 0.220. The molecule has 0 radical (unpaired) electrons. The zero-order valence-electron chi connectivity index (χ0n) is 23.7. The predicted molar refractivity (Wildman–Crippen MR) is 172 cm³/mol. The van der Waals surface area contributed by atoms with Crippen LogP contribution in [-0.2, 0) is 0 Å². The van der Waals surface area contributed by atoms with Crippen LogP contribution in [0.2, 0.25) is 0 Å². The molecule has 0 unspecified atom stereocenters. The lowest BCUT2D eigenvalue weighted by Gasteiger charge is -2.09. The van der Waals surface area contributed by atoms with Gasteiger partial charge in [-0.05, 0) is 72.4 Å². The molecule has 0 spiro atoms. The topological polar surface area (TPSA) is 39.2 Å². The Morgan fingerprint density at radius 3 is 1.88 bits per heavy atom. The molecule has 0 bridgehead atoms. The second kappa shape index (κ2) is 9.59. The molecule has 0 N–H and O–H groups in total. The first-order chi connectivity index (χ1) is 20.8. The molecule has 3 heteroatoms. The minimum Gasteiger partial charge on any atom is -0.455 e. The zero-order valence-corrected chi connectivity index (χ0v) is 23.7. The number of furan rings is 2. The van der Waals surface area contributed by atoms with E-state index >= 15 is 0 Å². The standard InChI is InChI=1S/C39H33NO2/c1-2-14-26(15-3-1)34-22-27(20-21-40-34)32-23-33-30-18-8-16-28(24-10-4-5-11-24)36(30)41-39(33)35-31-19-9-17-29(25-12-6-7-13-25)37(31)42-38(32)35/h1-3,8-9,14-25H,4-7,10-13H2. The molecule has 42 heavy (non-hydrogen) atoms. The molecule has 4 aromatic carbocycles. The Hall–Kier alpha value is -4.37. The Morgan fingerprint density at radius 1 is 0.524 bits per heavy atom. The lowest BCUT2D eigenvalue weighted by molar-refractivity contribution is 0.639. The summed E-state index contributed by atoms with van der Waals surface area (Å²) in [4.78, 5) is 4.73. The van der Waals surface area contributed by atoms with E-state index in [4.69, 9.17) is 13.8 Å². The molecule has 0 aliphatic heterocycles. The van der Waals surface area contributed by atoms with E-state index in [2.05, 4.69) is 78.9 Å². The zero-order chi connectivity index (χ0) is 27.6. The fourth-order valence-electron chi connectivity index (χ4n) is 7.95. The molecule has 0 saturated heterocycles. The summed E-state index contributed by atoms with van der Waals surface area (Å²) in [5, 5.41) is 4.64. The molecule has 0 amide bonds. The van der Waals surface area contributed by atoms with E-state index in [1.165, 1.54) is 78.7 Å². The minimum atomic E-state index is 0.559. The highest BCUT2D eigenvalue weighted by Gasteiger charge is 2.27. The van der Waals surface area contributed by atoms with Crippen molar-refractivity contribution < 1.29 is 8.83 Å². The van der Waals surface area contributed by atoms with Gasteiger partial charge in [-0.1, -0.05) is 92.4 Å². The summed E-state index contributed by atoms with van der Waals surface area (Å²) in [6, 6.07) is 30.5. The van der Waals surface area contributed by atoms with Gasteiger partial charge in [-0.25, -0.2) is 0 Å². The molecule has 2 aliphatic rings. The fraction of sp³-hybridized carbons (Fsp3) is 0.256. The van der Waals surface area contributed by atoms with Gasteiger partial charge < -0.3 is 8.83 Å². The van der Waals surface area contributed by atoms with Crippen LogP contribution in [0.25, 0.3) is 66.3 Å². The summed E-state index contributed by atoms with van der Waals surface area (Å²) in [7, 11) is 0. The highest BCUT2D eigenvalue weighted by atomic mass is 16.3. The van der Waals surface area contributed by atoms with Crippen LogP contribution >= 0.6 is 0 Å². The largest absolute Gasteiger partial charge is 0.455 e. The van der Waals surface area contributed by atoms with Gasteiger partial charge in [0.1, 0.15) is 22.3 Å². The first kappa shape index (κ1) is 24.2. The molecule has 9 rings (SSSR count). The van der Waals surface area contributed by atoms with Gasteiger partial charge in [-0.3, -0.25) is 4.98 Å². The minimum absolute atomic E-state index is 0.559. The van der Waals surface area contributed by atoms with E-state index in [-0.39, 0.29) is 0 Å². The van der Waals surface area contributed by atoms with Crippen molar-refractivity contribution in [2.45, 2.75) is 63.2 Å². The monoisotopic (exact) mass is 547 g/mol. The van der Waals surface area contributed by atoms with Crippen LogP contribution in [0.5, 0.6) is 0 Å². The summed E-state index contributed by atoms with van der Waals surface area (Å²) in [6.07, 6.45) is 12.1. The second-order valence-corrected chi connectivity index (χ2v) is 12.4. The number of fused-ring (bicyclic) bond motifs is 7. The van der Waals surface area contributed by atoms with Crippen LogP contribution in [0, 0.1) is 0 Å². The maximum Gasteiger partial charge on any atom is 0.147 e. The normalized spacial score (nSPS) is 16.6. The highest BCUT2D eigenvalue weighted by Crippen LogP contribution is 2.48. The van der Waals surface area contributed by atoms with Crippen LogP contribution in [0.15, 0.2) is 100.0 Å². The molecular weight excluding hydrogens is 514 g/mol.